The van der Waals surface area contributed by atoms with E-state index in [9.17, 15) is 4.79 Å². The van der Waals surface area contributed by atoms with Crippen LogP contribution in [0.2, 0.25) is 0 Å². The van der Waals surface area contributed by atoms with Gasteiger partial charge in [-0.05, 0) is 51.2 Å². The minimum atomic E-state index is -0.165. The first-order chi connectivity index (χ1) is 9.08. The van der Waals surface area contributed by atoms with Gasteiger partial charge < -0.3 is 5.32 Å². The molecule has 1 aromatic rings. The standard InChI is InChI=1S/C15H21N3O/c1-4-5-10-18(3)12(2)15(19)17-14-8-6-13(11-16)7-9-14/h6-9,12H,4-5,10H2,1-3H3,(H,17,19)/t12-/m1/s1. The Morgan fingerprint density at radius 2 is 2.05 bits per heavy atom. The van der Waals surface area contributed by atoms with Gasteiger partial charge in [0, 0.05) is 5.69 Å². The quantitative estimate of drug-likeness (QED) is 0.854. The van der Waals surface area contributed by atoms with Crippen LogP contribution in [0.1, 0.15) is 32.3 Å². The number of nitriles is 1. The third kappa shape index (κ3) is 4.72. The van der Waals surface area contributed by atoms with E-state index >= 15 is 0 Å². The molecule has 0 fully saturated rings. The zero-order valence-electron chi connectivity index (χ0n) is 11.8. The minimum Gasteiger partial charge on any atom is -0.325 e. The Balaban J connectivity index is 2.55. The predicted octanol–water partition coefficient (Wildman–Crippen LogP) is 2.62. The van der Waals surface area contributed by atoms with Crippen molar-refractivity contribution in [2.45, 2.75) is 32.7 Å². The molecule has 0 radical (unpaired) electrons. The van der Waals surface area contributed by atoms with Crippen LogP contribution in [0, 0.1) is 11.3 Å². The first-order valence-corrected chi connectivity index (χ1v) is 6.59. The number of unbranched alkanes of at least 4 members (excludes halogenated alkanes) is 1. The fraction of sp³-hybridized carbons (Fsp3) is 0.467. The van der Waals surface area contributed by atoms with Crippen molar-refractivity contribution in [1.29, 1.82) is 5.26 Å². The lowest BCUT2D eigenvalue weighted by molar-refractivity contribution is -0.120. The van der Waals surface area contributed by atoms with Crippen molar-refractivity contribution in [1.82, 2.24) is 4.90 Å². The summed E-state index contributed by atoms with van der Waals surface area (Å²) in [4.78, 5) is 14.1. The number of hydrogen-bond donors (Lipinski definition) is 1. The molecule has 1 aromatic carbocycles. The molecule has 0 saturated carbocycles. The van der Waals surface area contributed by atoms with Gasteiger partial charge in [0.05, 0.1) is 17.7 Å². The number of carbonyl (C=O) groups excluding carboxylic acids is 1. The second-order valence-electron chi connectivity index (χ2n) is 4.69. The Labute approximate surface area is 115 Å². The van der Waals surface area contributed by atoms with E-state index in [0.29, 0.717) is 5.56 Å². The van der Waals surface area contributed by atoms with E-state index in [1.165, 1.54) is 0 Å². The summed E-state index contributed by atoms with van der Waals surface area (Å²) in [5.74, 6) is -0.0247. The van der Waals surface area contributed by atoms with Gasteiger partial charge in [-0.1, -0.05) is 13.3 Å². The maximum Gasteiger partial charge on any atom is 0.241 e. The van der Waals surface area contributed by atoms with Gasteiger partial charge in [0.2, 0.25) is 5.91 Å². The molecule has 0 bridgehead atoms. The monoisotopic (exact) mass is 259 g/mol. The summed E-state index contributed by atoms with van der Waals surface area (Å²) in [7, 11) is 1.96. The molecule has 1 amide bonds. The number of benzene rings is 1. The van der Waals surface area contributed by atoms with Crippen LogP contribution in [0.15, 0.2) is 24.3 Å². The largest absolute Gasteiger partial charge is 0.325 e. The lowest BCUT2D eigenvalue weighted by atomic mass is 10.2. The van der Waals surface area contributed by atoms with Crippen LogP contribution in [0.5, 0.6) is 0 Å². The zero-order valence-corrected chi connectivity index (χ0v) is 11.8. The minimum absolute atomic E-state index is 0.0247. The summed E-state index contributed by atoms with van der Waals surface area (Å²) in [5.41, 5.74) is 1.31. The highest BCUT2D eigenvalue weighted by molar-refractivity contribution is 5.94. The third-order valence-corrected chi connectivity index (χ3v) is 3.19. The summed E-state index contributed by atoms with van der Waals surface area (Å²) in [5, 5.41) is 11.6. The van der Waals surface area contributed by atoms with E-state index < -0.39 is 0 Å². The Hall–Kier alpha value is -1.86. The van der Waals surface area contributed by atoms with Gasteiger partial charge in [0.1, 0.15) is 0 Å². The Kier molecular flexibility index (Phi) is 6.04. The second kappa shape index (κ2) is 7.55. The molecule has 0 heterocycles. The zero-order chi connectivity index (χ0) is 14.3. The molecule has 4 nitrogen and oxygen atoms in total. The fourth-order valence-corrected chi connectivity index (χ4v) is 1.68. The van der Waals surface area contributed by atoms with Gasteiger partial charge >= 0.3 is 0 Å². The Morgan fingerprint density at radius 1 is 1.42 bits per heavy atom. The van der Waals surface area contributed by atoms with Crippen LogP contribution in [0.3, 0.4) is 0 Å². The van der Waals surface area contributed by atoms with Crippen LogP contribution in [0.4, 0.5) is 5.69 Å². The molecule has 0 aliphatic rings. The number of hydrogen-bond acceptors (Lipinski definition) is 3. The van der Waals surface area contributed by atoms with Crippen molar-refractivity contribution in [2.75, 3.05) is 18.9 Å². The Morgan fingerprint density at radius 3 is 2.58 bits per heavy atom. The first-order valence-electron chi connectivity index (χ1n) is 6.59. The molecular formula is C15H21N3O. The molecule has 1 N–H and O–H groups in total. The number of likely N-dealkylation sites (N-methyl/N-ethyl adjacent to an activating group) is 1. The SMILES string of the molecule is CCCCN(C)[C@H](C)C(=O)Nc1ccc(C#N)cc1. The van der Waals surface area contributed by atoms with E-state index in [-0.39, 0.29) is 11.9 Å². The van der Waals surface area contributed by atoms with Crippen LogP contribution in [-0.4, -0.2) is 30.4 Å². The van der Waals surface area contributed by atoms with Crippen molar-refractivity contribution in [2.24, 2.45) is 0 Å². The Bertz CT molecular complexity index is 447. The maximum absolute atomic E-state index is 12.1. The van der Waals surface area contributed by atoms with Crippen molar-refractivity contribution in [3.63, 3.8) is 0 Å². The van der Waals surface area contributed by atoms with Crippen molar-refractivity contribution in [3.05, 3.63) is 29.8 Å². The number of nitrogens with zero attached hydrogens (tertiary/aromatic N) is 2. The van der Waals surface area contributed by atoms with E-state index in [2.05, 4.69) is 18.3 Å². The van der Waals surface area contributed by atoms with Crippen LogP contribution in [-0.2, 0) is 4.79 Å². The summed E-state index contributed by atoms with van der Waals surface area (Å²) in [6.07, 6.45) is 2.21. The normalized spacial score (nSPS) is 11.9. The van der Waals surface area contributed by atoms with Gasteiger partial charge in [-0.25, -0.2) is 0 Å². The third-order valence-electron chi connectivity index (χ3n) is 3.19. The second-order valence-corrected chi connectivity index (χ2v) is 4.69. The molecule has 1 atom stereocenters. The highest BCUT2D eigenvalue weighted by Gasteiger charge is 2.17. The van der Waals surface area contributed by atoms with Gasteiger partial charge in [0.25, 0.3) is 0 Å². The van der Waals surface area contributed by atoms with Crippen molar-refractivity contribution < 1.29 is 4.79 Å². The summed E-state index contributed by atoms with van der Waals surface area (Å²) < 4.78 is 0. The topological polar surface area (TPSA) is 56.1 Å². The van der Waals surface area contributed by atoms with E-state index in [1.54, 1.807) is 24.3 Å². The van der Waals surface area contributed by atoms with Crippen LogP contribution in [0.25, 0.3) is 0 Å². The number of amides is 1. The van der Waals surface area contributed by atoms with Gasteiger partial charge in [-0.3, -0.25) is 9.69 Å². The molecule has 0 aromatic heterocycles. The summed E-state index contributed by atoms with van der Waals surface area (Å²) in [6.45, 7) is 4.95. The van der Waals surface area contributed by atoms with Gasteiger partial charge in [-0.15, -0.1) is 0 Å². The van der Waals surface area contributed by atoms with Gasteiger partial charge in [-0.2, -0.15) is 5.26 Å². The number of rotatable bonds is 6. The average Bonchev–Trinajstić information content (AvgIpc) is 2.44. The maximum atomic E-state index is 12.1. The van der Waals surface area contributed by atoms with Crippen LogP contribution < -0.4 is 5.32 Å². The summed E-state index contributed by atoms with van der Waals surface area (Å²) >= 11 is 0. The molecular weight excluding hydrogens is 238 g/mol. The first kappa shape index (κ1) is 15.2. The smallest absolute Gasteiger partial charge is 0.241 e. The molecule has 0 saturated heterocycles. The number of anilines is 1. The number of nitrogens with one attached hydrogen (secondary N) is 1. The number of carbonyl (C=O) groups is 1. The van der Waals surface area contributed by atoms with Crippen molar-refractivity contribution in [3.8, 4) is 6.07 Å². The summed E-state index contributed by atoms with van der Waals surface area (Å²) in [6, 6.07) is 8.77. The molecule has 0 aliphatic carbocycles. The highest BCUT2D eigenvalue weighted by atomic mass is 16.2. The molecule has 0 unspecified atom stereocenters. The molecule has 102 valence electrons. The molecule has 4 heteroatoms. The molecule has 0 spiro atoms. The molecule has 19 heavy (non-hydrogen) atoms. The van der Waals surface area contributed by atoms with E-state index in [4.69, 9.17) is 5.26 Å². The molecule has 0 aliphatic heterocycles. The predicted molar refractivity (Wildman–Crippen MR) is 76.8 cm³/mol. The van der Waals surface area contributed by atoms with E-state index in [1.807, 2.05) is 18.9 Å². The van der Waals surface area contributed by atoms with Crippen LogP contribution >= 0.6 is 0 Å². The van der Waals surface area contributed by atoms with E-state index in [0.717, 1.165) is 25.1 Å². The van der Waals surface area contributed by atoms with Gasteiger partial charge in [0.15, 0.2) is 0 Å². The van der Waals surface area contributed by atoms with Crippen molar-refractivity contribution >= 4 is 11.6 Å². The average molecular weight is 259 g/mol. The lowest BCUT2D eigenvalue weighted by Gasteiger charge is -2.23. The molecule has 1 rings (SSSR count). The lowest BCUT2D eigenvalue weighted by Crippen LogP contribution is -2.40. The highest BCUT2D eigenvalue weighted by Crippen LogP contribution is 2.10. The fourth-order valence-electron chi connectivity index (χ4n) is 1.68.